The van der Waals surface area contributed by atoms with E-state index in [-0.39, 0.29) is 23.8 Å². The lowest BCUT2D eigenvalue weighted by atomic mass is 10.3. The zero-order valence-corrected chi connectivity index (χ0v) is 15.0. The number of halogens is 1. The van der Waals surface area contributed by atoms with E-state index in [1.807, 2.05) is 6.92 Å². The van der Waals surface area contributed by atoms with Gasteiger partial charge in [-0.1, -0.05) is 0 Å². The van der Waals surface area contributed by atoms with Crippen molar-refractivity contribution < 1.29 is 22.3 Å². The van der Waals surface area contributed by atoms with Crippen LogP contribution in [0.2, 0.25) is 0 Å². The number of nitrogens with one attached hydrogen (secondary N) is 1. The lowest BCUT2D eigenvalue weighted by Crippen LogP contribution is -2.37. The van der Waals surface area contributed by atoms with Crippen molar-refractivity contribution in [3.8, 4) is 5.75 Å². The Kier molecular flexibility index (Phi) is 5.24. The summed E-state index contributed by atoms with van der Waals surface area (Å²) in [5.74, 6) is 0.0269. The van der Waals surface area contributed by atoms with Crippen LogP contribution in [-0.2, 0) is 14.8 Å². The van der Waals surface area contributed by atoms with Crippen molar-refractivity contribution in [3.63, 3.8) is 0 Å². The molecule has 1 N–H and O–H groups in total. The fourth-order valence-corrected chi connectivity index (χ4v) is 4.05. The van der Waals surface area contributed by atoms with E-state index in [0.29, 0.717) is 18.0 Å². The Bertz CT molecular complexity index is 882. The van der Waals surface area contributed by atoms with Crippen LogP contribution in [0.15, 0.2) is 53.4 Å². The Morgan fingerprint density at radius 2 is 1.81 bits per heavy atom. The monoisotopic (exact) mass is 378 g/mol. The molecule has 0 spiro atoms. The molecule has 1 heterocycles. The van der Waals surface area contributed by atoms with Crippen LogP contribution >= 0.6 is 0 Å². The van der Waals surface area contributed by atoms with Crippen molar-refractivity contribution in [2.75, 3.05) is 18.1 Å². The van der Waals surface area contributed by atoms with Crippen molar-refractivity contribution in [2.45, 2.75) is 24.3 Å². The first-order valence-corrected chi connectivity index (χ1v) is 9.68. The summed E-state index contributed by atoms with van der Waals surface area (Å²) in [5.41, 5.74) is 0.682. The van der Waals surface area contributed by atoms with Gasteiger partial charge in [-0.2, -0.15) is 0 Å². The summed E-state index contributed by atoms with van der Waals surface area (Å²) in [6, 6.07) is 11.1. The number of ether oxygens (including phenoxy) is 1. The summed E-state index contributed by atoms with van der Waals surface area (Å²) in [5, 5.41) is 0. The molecule has 1 aliphatic rings. The normalized spacial score (nSPS) is 17.5. The van der Waals surface area contributed by atoms with Crippen molar-refractivity contribution in [1.29, 1.82) is 0 Å². The SMILES string of the molecule is CCOc1ccc(N2CC(NS(=O)(=O)c3ccc(F)cc3)CC2=O)cc1. The molecule has 0 bridgehead atoms. The molecule has 2 aromatic rings. The minimum atomic E-state index is -3.82. The standard InChI is InChI=1S/C18H19FN2O4S/c1-2-25-16-7-5-15(6-8-16)21-12-14(11-18(21)22)20-26(23,24)17-9-3-13(19)4-10-17/h3-10,14,20H,2,11-12H2,1H3. The fraction of sp³-hybridized carbons (Fsp3) is 0.278. The molecule has 3 rings (SSSR count). The van der Waals surface area contributed by atoms with E-state index in [4.69, 9.17) is 4.74 Å². The maximum atomic E-state index is 13.0. The van der Waals surface area contributed by atoms with Crippen molar-refractivity contribution in [1.82, 2.24) is 4.72 Å². The van der Waals surface area contributed by atoms with E-state index in [0.717, 1.165) is 12.1 Å². The molecular weight excluding hydrogens is 359 g/mol. The Morgan fingerprint density at radius 3 is 2.42 bits per heavy atom. The van der Waals surface area contributed by atoms with Crippen molar-refractivity contribution in [2.24, 2.45) is 0 Å². The average Bonchev–Trinajstić information content (AvgIpc) is 2.96. The minimum Gasteiger partial charge on any atom is -0.494 e. The Labute approximate surface area is 151 Å². The van der Waals surface area contributed by atoms with Crippen LogP contribution in [0.25, 0.3) is 0 Å². The van der Waals surface area contributed by atoms with Gasteiger partial charge in [-0.25, -0.2) is 17.5 Å². The fourth-order valence-electron chi connectivity index (χ4n) is 2.83. The highest BCUT2D eigenvalue weighted by molar-refractivity contribution is 7.89. The second kappa shape index (κ2) is 7.43. The lowest BCUT2D eigenvalue weighted by molar-refractivity contribution is -0.117. The van der Waals surface area contributed by atoms with Gasteiger partial charge in [0.15, 0.2) is 0 Å². The van der Waals surface area contributed by atoms with Crippen LogP contribution in [0.4, 0.5) is 10.1 Å². The summed E-state index contributed by atoms with van der Waals surface area (Å²) < 4.78 is 45.6. The van der Waals surface area contributed by atoms with Crippen LogP contribution in [0.5, 0.6) is 5.75 Å². The summed E-state index contributed by atoms with van der Waals surface area (Å²) >= 11 is 0. The predicted octanol–water partition coefficient (Wildman–Crippen LogP) is 2.31. The maximum Gasteiger partial charge on any atom is 0.240 e. The summed E-state index contributed by atoms with van der Waals surface area (Å²) in [4.78, 5) is 13.8. The number of rotatable bonds is 6. The first-order chi connectivity index (χ1) is 12.4. The summed E-state index contributed by atoms with van der Waals surface area (Å²) in [7, 11) is -3.82. The van der Waals surface area contributed by atoms with Crippen LogP contribution in [0.3, 0.4) is 0 Å². The third-order valence-electron chi connectivity index (χ3n) is 4.03. The number of carbonyl (C=O) groups is 1. The van der Waals surface area contributed by atoms with Crippen LogP contribution in [0.1, 0.15) is 13.3 Å². The molecule has 1 fully saturated rings. The second-order valence-corrected chi connectivity index (χ2v) is 7.62. The summed E-state index contributed by atoms with van der Waals surface area (Å²) in [6.45, 7) is 2.66. The molecule has 0 saturated carbocycles. The highest BCUT2D eigenvalue weighted by Crippen LogP contribution is 2.25. The average molecular weight is 378 g/mol. The highest BCUT2D eigenvalue weighted by atomic mass is 32.2. The van der Waals surface area contributed by atoms with Gasteiger partial charge in [-0.05, 0) is 55.5 Å². The van der Waals surface area contributed by atoms with Crippen molar-refractivity contribution in [3.05, 3.63) is 54.3 Å². The van der Waals surface area contributed by atoms with Gasteiger partial charge in [0, 0.05) is 24.7 Å². The van der Waals surface area contributed by atoms with E-state index < -0.39 is 21.9 Å². The Morgan fingerprint density at radius 1 is 1.15 bits per heavy atom. The smallest absolute Gasteiger partial charge is 0.240 e. The molecule has 6 nitrogen and oxygen atoms in total. The molecule has 2 aromatic carbocycles. The number of hydrogen-bond acceptors (Lipinski definition) is 4. The number of anilines is 1. The zero-order valence-electron chi connectivity index (χ0n) is 14.2. The minimum absolute atomic E-state index is 0.0362. The van der Waals surface area contributed by atoms with E-state index in [9.17, 15) is 17.6 Å². The quantitative estimate of drug-likeness (QED) is 0.837. The number of sulfonamides is 1. The first-order valence-electron chi connectivity index (χ1n) is 8.20. The molecule has 26 heavy (non-hydrogen) atoms. The molecule has 1 amide bonds. The molecule has 0 aromatic heterocycles. The van der Waals surface area contributed by atoms with Crippen LogP contribution < -0.4 is 14.4 Å². The number of benzene rings is 2. The van der Waals surface area contributed by atoms with Crippen LogP contribution in [-0.4, -0.2) is 33.5 Å². The van der Waals surface area contributed by atoms with Gasteiger partial charge in [0.05, 0.1) is 11.5 Å². The van der Waals surface area contributed by atoms with E-state index in [1.165, 1.54) is 17.0 Å². The molecule has 1 aliphatic heterocycles. The van der Waals surface area contributed by atoms with Gasteiger partial charge in [-0.3, -0.25) is 4.79 Å². The molecule has 8 heteroatoms. The van der Waals surface area contributed by atoms with E-state index in [1.54, 1.807) is 24.3 Å². The second-order valence-electron chi connectivity index (χ2n) is 5.91. The Hall–Kier alpha value is -2.45. The van der Waals surface area contributed by atoms with Gasteiger partial charge in [0.25, 0.3) is 0 Å². The molecule has 0 aliphatic carbocycles. The number of hydrogen-bond donors (Lipinski definition) is 1. The predicted molar refractivity (Wildman–Crippen MR) is 95.1 cm³/mol. The third-order valence-corrected chi connectivity index (χ3v) is 5.57. The third kappa shape index (κ3) is 4.03. The number of nitrogens with zero attached hydrogens (tertiary/aromatic N) is 1. The first kappa shape index (κ1) is 18.3. The van der Waals surface area contributed by atoms with E-state index in [2.05, 4.69) is 4.72 Å². The van der Waals surface area contributed by atoms with Gasteiger partial charge >= 0.3 is 0 Å². The Balaban J connectivity index is 1.70. The van der Waals surface area contributed by atoms with Gasteiger partial charge in [0.2, 0.25) is 15.9 Å². The van der Waals surface area contributed by atoms with E-state index >= 15 is 0 Å². The molecule has 1 unspecified atom stereocenters. The summed E-state index contributed by atoms with van der Waals surface area (Å²) in [6.07, 6.45) is 0.0631. The maximum absolute atomic E-state index is 13.0. The van der Waals surface area contributed by atoms with Gasteiger partial charge < -0.3 is 9.64 Å². The molecule has 138 valence electrons. The van der Waals surface area contributed by atoms with Gasteiger partial charge in [0.1, 0.15) is 11.6 Å². The molecule has 1 saturated heterocycles. The highest BCUT2D eigenvalue weighted by Gasteiger charge is 2.33. The lowest BCUT2D eigenvalue weighted by Gasteiger charge is -2.18. The van der Waals surface area contributed by atoms with Gasteiger partial charge in [-0.15, -0.1) is 0 Å². The number of carbonyl (C=O) groups excluding carboxylic acids is 1. The molecule has 0 radical (unpaired) electrons. The van der Waals surface area contributed by atoms with Crippen LogP contribution in [0, 0.1) is 5.82 Å². The van der Waals surface area contributed by atoms with Crippen molar-refractivity contribution >= 4 is 21.6 Å². The molecular formula is C18H19FN2O4S. The zero-order chi connectivity index (χ0) is 18.7. The largest absolute Gasteiger partial charge is 0.494 e. The number of amides is 1. The molecule has 1 atom stereocenters. The topological polar surface area (TPSA) is 75.7 Å².